The Hall–Kier alpha value is -1.16. The minimum Gasteiger partial charge on any atom is -0.494 e. The first-order valence-electron chi connectivity index (χ1n) is 6.57. The van der Waals surface area contributed by atoms with E-state index in [1.54, 1.807) is 11.8 Å². The predicted molar refractivity (Wildman–Crippen MR) is 83.3 cm³/mol. The Kier molecular flexibility index (Phi) is 6.22. The Bertz CT molecular complexity index is 401. The maximum Gasteiger partial charge on any atom is 0.119 e. The molecule has 106 valence electrons. The van der Waals surface area contributed by atoms with Crippen molar-refractivity contribution in [1.82, 2.24) is 0 Å². The van der Waals surface area contributed by atoms with Crippen LogP contribution in [0.5, 0.6) is 5.75 Å². The number of thioether (sulfide) groups is 1. The van der Waals surface area contributed by atoms with Gasteiger partial charge in [0, 0.05) is 10.3 Å². The summed E-state index contributed by atoms with van der Waals surface area (Å²) in [5.41, 5.74) is 5.36. The quantitative estimate of drug-likeness (QED) is 0.328. The van der Waals surface area contributed by atoms with Gasteiger partial charge in [0.05, 0.1) is 12.4 Å². The molecular formula is C15H24N2OS. The van der Waals surface area contributed by atoms with Gasteiger partial charge < -0.3 is 10.5 Å². The van der Waals surface area contributed by atoms with Gasteiger partial charge in [-0.15, -0.1) is 11.8 Å². The lowest BCUT2D eigenvalue weighted by Crippen LogP contribution is -2.30. The van der Waals surface area contributed by atoms with Gasteiger partial charge in [-0.25, -0.2) is 0 Å². The van der Waals surface area contributed by atoms with Crippen LogP contribution in [0.15, 0.2) is 29.2 Å². The number of amidine groups is 1. The first-order valence-corrected chi connectivity index (χ1v) is 7.79. The molecule has 4 heteroatoms. The van der Waals surface area contributed by atoms with Crippen molar-refractivity contribution in [2.24, 2.45) is 11.1 Å². The van der Waals surface area contributed by atoms with E-state index in [9.17, 15) is 0 Å². The van der Waals surface area contributed by atoms with Crippen molar-refractivity contribution in [2.75, 3.05) is 12.9 Å². The first-order chi connectivity index (χ1) is 8.95. The molecular weight excluding hydrogens is 256 g/mol. The smallest absolute Gasteiger partial charge is 0.119 e. The third-order valence-electron chi connectivity index (χ3n) is 3.25. The average Bonchev–Trinajstić information content (AvgIpc) is 2.38. The molecule has 0 fully saturated rings. The van der Waals surface area contributed by atoms with E-state index in [0.717, 1.165) is 25.0 Å². The highest BCUT2D eigenvalue weighted by atomic mass is 32.2. The number of nitrogens with one attached hydrogen (secondary N) is 1. The summed E-state index contributed by atoms with van der Waals surface area (Å²) in [7, 11) is 0. The topological polar surface area (TPSA) is 59.1 Å². The van der Waals surface area contributed by atoms with Gasteiger partial charge in [0.2, 0.25) is 0 Å². The molecule has 0 aliphatic carbocycles. The largest absolute Gasteiger partial charge is 0.494 e. The van der Waals surface area contributed by atoms with Crippen LogP contribution in [0.4, 0.5) is 0 Å². The first kappa shape index (κ1) is 15.9. The molecule has 0 aromatic heterocycles. The van der Waals surface area contributed by atoms with Gasteiger partial charge >= 0.3 is 0 Å². The van der Waals surface area contributed by atoms with Crippen LogP contribution in [0, 0.1) is 10.8 Å². The number of benzene rings is 1. The molecule has 0 aliphatic heterocycles. The normalized spacial score (nSPS) is 11.3. The van der Waals surface area contributed by atoms with Crippen LogP contribution in [0.25, 0.3) is 0 Å². The average molecular weight is 280 g/mol. The van der Waals surface area contributed by atoms with Crippen molar-refractivity contribution in [3.63, 3.8) is 0 Å². The van der Waals surface area contributed by atoms with Crippen molar-refractivity contribution in [3.05, 3.63) is 24.3 Å². The Balaban J connectivity index is 2.22. The summed E-state index contributed by atoms with van der Waals surface area (Å²) in [5, 5.41) is 7.49. The molecule has 19 heavy (non-hydrogen) atoms. The number of hydrogen-bond acceptors (Lipinski definition) is 3. The van der Waals surface area contributed by atoms with E-state index in [2.05, 4.69) is 18.4 Å². The van der Waals surface area contributed by atoms with E-state index in [0.29, 0.717) is 6.61 Å². The summed E-state index contributed by atoms with van der Waals surface area (Å²) < 4.78 is 5.69. The van der Waals surface area contributed by atoms with Gasteiger partial charge in [-0.05, 0) is 49.8 Å². The Labute approximate surface area is 120 Å². The molecule has 1 aromatic rings. The molecule has 0 unspecified atom stereocenters. The van der Waals surface area contributed by atoms with E-state index in [4.69, 9.17) is 15.9 Å². The fourth-order valence-electron chi connectivity index (χ4n) is 1.67. The van der Waals surface area contributed by atoms with Gasteiger partial charge in [-0.3, -0.25) is 5.41 Å². The minimum atomic E-state index is -0.194. The number of nitrogens with two attached hydrogens (primary N) is 1. The summed E-state index contributed by atoms with van der Waals surface area (Å²) >= 11 is 1.73. The summed E-state index contributed by atoms with van der Waals surface area (Å²) in [4.78, 5) is 1.25. The van der Waals surface area contributed by atoms with Crippen molar-refractivity contribution >= 4 is 17.6 Å². The molecule has 0 heterocycles. The summed E-state index contributed by atoms with van der Waals surface area (Å²) in [6.45, 7) is 4.74. The maximum atomic E-state index is 7.49. The van der Waals surface area contributed by atoms with Gasteiger partial charge in [-0.1, -0.05) is 13.8 Å². The highest BCUT2D eigenvalue weighted by Gasteiger charge is 2.20. The van der Waals surface area contributed by atoms with Crippen molar-refractivity contribution in [3.8, 4) is 5.75 Å². The SMILES string of the molecule is CSc1ccc(OCCCCC(C)(C)C(=N)N)cc1. The van der Waals surface area contributed by atoms with E-state index in [1.165, 1.54) is 4.90 Å². The van der Waals surface area contributed by atoms with Gasteiger partial charge in [0.15, 0.2) is 0 Å². The number of rotatable bonds is 8. The lowest BCUT2D eigenvalue weighted by molar-refractivity contribution is 0.296. The van der Waals surface area contributed by atoms with Crippen LogP contribution in [0.2, 0.25) is 0 Å². The standard InChI is InChI=1S/C15H24N2OS/c1-15(2,14(16)17)10-4-5-11-18-12-6-8-13(19-3)9-7-12/h6-9H,4-5,10-11H2,1-3H3,(H3,16,17). The maximum absolute atomic E-state index is 7.49. The lowest BCUT2D eigenvalue weighted by Gasteiger charge is -2.22. The third kappa shape index (κ3) is 5.55. The van der Waals surface area contributed by atoms with Gasteiger partial charge in [-0.2, -0.15) is 0 Å². The predicted octanol–water partition coefficient (Wildman–Crippen LogP) is 3.92. The summed E-state index contributed by atoms with van der Waals surface area (Å²) in [6, 6.07) is 8.15. The zero-order valence-electron chi connectivity index (χ0n) is 12.0. The van der Waals surface area contributed by atoms with Crippen LogP contribution in [-0.4, -0.2) is 18.7 Å². The molecule has 0 amide bonds. The molecule has 0 radical (unpaired) electrons. The van der Waals surface area contributed by atoms with Crippen molar-refractivity contribution in [1.29, 1.82) is 5.41 Å². The molecule has 3 N–H and O–H groups in total. The Morgan fingerprint density at radius 2 is 1.89 bits per heavy atom. The fourth-order valence-corrected chi connectivity index (χ4v) is 2.07. The monoisotopic (exact) mass is 280 g/mol. The van der Waals surface area contributed by atoms with Crippen LogP contribution in [0.1, 0.15) is 33.1 Å². The molecule has 0 atom stereocenters. The minimum absolute atomic E-state index is 0.194. The molecule has 1 aromatic carbocycles. The van der Waals surface area contributed by atoms with Gasteiger partial charge in [0.25, 0.3) is 0 Å². The highest BCUT2D eigenvalue weighted by Crippen LogP contribution is 2.23. The molecule has 1 rings (SSSR count). The number of hydrogen-bond donors (Lipinski definition) is 2. The fraction of sp³-hybridized carbons (Fsp3) is 0.533. The molecule has 0 saturated heterocycles. The van der Waals surface area contributed by atoms with Crippen molar-refractivity contribution in [2.45, 2.75) is 38.0 Å². The second kappa shape index (κ2) is 7.43. The van der Waals surface area contributed by atoms with E-state index in [1.807, 2.05) is 26.0 Å². The summed E-state index contributed by atoms with van der Waals surface area (Å²) in [5.74, 6) is 1.18. The zero-order chi connectivity index (χ0) is 14.3. The summed E-state index contributed by atoms with van der Waals surface area (Å²) in [6.07, 6.45) is 5.00. The number of ether oxygens (including phenoxy) is 1. The molecule has 0 spiro atoms. The third-order valence-corrected chi connectivity index (χ3v) is 4.00. The second-order valence-electron chi connectivity index (χ2n) is 5.28. The van der Waals surface area contributed by atoms with Gasteiger partial charge in [0.1, 0.15) is 5.75 Å². The Morgan fingerprint density at radius 1 is 1.26 bits per heavy atom. The van der Waals surface area contributed by atoms with E-state index < -0.39 is 0 Å². The van der Waals surface area contributed by atoms with E-state index >= 15 is 0 Å². The number of unbranched alkanes of at least 4 members (excludes halogenated alkanes) is 1. The van der Waals surface area contributed by atoms with Crippen LogP contribution >= 0.6 is 11.8 Å². The Morgan fingerprint density at radius 3 is 2.42 bits per heavy atom. The van der Waals surface area contributed by atoms with E-state index in [-0.39, 0.29) is 11.3 Å². The molecule has 0 saturated carbocycles. The molecule has 0 bridgehead atoms. The zero-order valence-corrected chi connectivity index (χ0v) is 12.8. The molecule has 3 nitrogen and oxygen atoms in total. The van der Waals surface area contributed by atoms with Crippen LogP contribution < -0.4 is 10.5 Å². The highest BCUT2D eigenvalue weighted by molar-refractivity contribution is 7.98. The van der Waals surface area contributed by atoms with Crippen molar-refractivity contribution < 1.29 is 4.74 Å². The molecule has 0 aliphatic rings. The van der Waals surface area contributed by atoms with Crippen LogP contribution in [0.3, 0.4) is 0 Å². The second-order valence-corrected chi connectivity index (χ2v) is 6.16. The lowest BCUT2D eigenvalue weighted by atomic mass is 9.86. The van der Waals surface area contributed by atoms with Crippen LogP contribution in [-0.2, 0) is 0 Å².